The summed E-state index contributed by atoms with van der Waals surface area (Å²) in [5.41, 5.74) is 0.972. The Bertz CT molecular complexity index is 904. The Hall–Kier alpha value is -2.01. The van der Waals surface area contributed by atoms with Gasteiger partial charge < -0.3 is 10.1 Å². The van der Waals surface area contributed by atoms with Gasteiger partial charge in [-0.1, -0.05) is 23.7 Å². The molecule has 0 amide bonds. The summed E-state index contributed by atoms with van der Waals surface area (Å²) in [6.07, 6.45) is 8.89. The van der Waals surface area contributed by atoms with Crippen molar-refractivity contribution in [3.63, 3.8) is 0 Å². The molecule has 0 saturated heterocycles. The van der Waals surface area contributed by atoms with Gasteiger partial charge in [-0.3, -0.25) is 4.79 Å². The molecule has 1 aromatic carbocycles. The Balaban J connectivity index is 1.50. The van der Waals surface area contributed by atoms with Crippen LogP contribution < -0.4 is 15.6 Å². The number of aromatic nitrogens is 2. The van der Waals surface area contributed by atoms with Crippen molar-refractivity contribution in [3.8, 4) is 5.75 Å². The third-order valence-corrected chi connectivity index (χ3v) is 7.12. The van der Waals surface area contributed by atoms with Crippen LogP contribution >= 0.6 is 11.6 Å². The molecule has 6 rings (SSSR count). The maximum atomic E-state index is 13.1. The Morgan fingerprint density at radius 2 is 1.74 bits per heavy atom. The van der Waals surface area contributed by atoms with E-state index in [0.29, 0.717) is 11.4 Å². The fourth-order valence-corrected chi connectivity index (χ4v) is 6.25. The topological polar surface area (TPSA) is 56.1 Å². The summed E-state index contributed by atoms with van der Waals surface area (Å²) in [4.78, 5) is 13.1. The van der Waals surface area contributed by atoms with Gasteiger partial charge in [-0.2, -0.15) is 5.10 Å². The molecule has 2 aromatic rings. The van der Waals surface area contributed by atoms with Crippen LogP contribution in [0.2, 0.25) is 5.02 Å². The van der Waals surface area contributed by atoms with Crippen LogP contribution in [0.15, 0.2) is 35.3 Å². The number of hydrogen-bond acceptors (Lipinski definition) is 4. The number of halogens is 1. The van der Waals surface area contributed by atoms with Gasteiger partial charge in [0.2, 0.25) is 0 Å². The molecule has 0 radical (unpaired) electrons. The second kappa shape index (κ2) is 6.26. The highest BCUT2D eigenvalue weighted by Crippen LogP contribution is 2.58. The van der Waals surface area contributed by atoms with Crippen molar-refractivity contribution in [3.05, 3.63) is 45.8 Å². The highest BCUT2D eigenvalue weighted by atomic mass is 35.5. The summed E-state index contributed by atoms with van der Waals surface area (Å²) in [5, 5.41) is 8.00. The first-order valence-corrected chi connectivity index (χ1v) is 10.1. The van der Waals surface area contributed by atoms with Crippen LogP contribution in [0.4, 0.5) is 11.4 Å². The van der Waals surface area contributed by atoms with Gasteiger partial charge in [-0.25, -0.2) is 4.68 Å². The average Bonchev–Trinajstić information content (AvgIpc) is 2.64. The molecular formula is C21H24ClN3O2. The molecule has 0 atom stereocenters. The van der Waals surface area contributed by atoms with E-state index in [2.05, 4.69) is 10.4 Å². The molecule has 4 aliphatic rings. The molecule has 1 N–H and O–H groups in total. The number of methoxy groups -OCH3 is 1. The molecule has 1 heterocycles. The Labute approximate surface area is 163 Å². The van der Waals surface area contributed by atoms with E-state index in [1.807, 2.05) is 24.3 Å². The number of para-hydroxylation sites is 2. The molecule has 5 nitrogen and oxygen atoms in total. The molecule has 4 bridgehead atoms. The minimum absolute atomic E-state index is 0.127. The van der Waals surface area contributed by atoms with Crippen LogP contribution in [0, 0.1) is 17.8 Å². The predicted molar refractivity (Wildman–Crippen MR) is 106 cm³/mol. The smallest absolute Gasteiger partial charge is 0.288 e. The summed E-state index contributed by atoms with van der Waals surface area (Å²) in [7, 11) is 1.62. The van der Waals surface area contributed by atoms with Crippen molar-refractivity contribution in [2.24, 2.45) is 17.8 Å². The lowest BCUT2D eigenvalue weighted by Gasteiger charge is -2.56. The van der Waals surface area contributed by atoms with Crippen LogP contribution in [0.25, 0.3) is 0 Å². The minimum atomic E-state index is -0.182. The largest absolute Gasteiger partial charge is 0.495 e. The summed E-state index contributed by atoms with van der Waals surface area (Å²) in [6, 6.07) is 7.55. The molecule has 4 aliphatic carbocycles. The SMILES string of the molecule is COc1ccccc1Nc1cnn(C23CC4CC(CC(C4)C2)C3)c(=O)c1Cl. The minimum Gasteiger partial charge on any atom is -0.495 e. The molecular weight excluding hydrogens is 362 g/mol. The van der Waals surface area contributed by atoms with Crippen LogP contribution in [0.1, 0.15) is 38.5 Å². The van der Waals surface area contributed by atoms with Gasteiger partial charge in [0, 0.05) is 0 Å². The van der Waals surface area contributed by atoms with E-state index in [1.54, 1.807) is 18.0 Å². The molecule has 27 heavy (non-hydrogen) atoms. The van der Waals surface area contributed by atoms with Crippen LogP contribution in [-0.4, -0.2) is 16.9 Å². The van der Waals surface area contributed by atoms with Gasteiger partial charge in [-0.15, -0.1) is 0 Å². The number of nitrogens with zero attached hydrogens (tertiary/aromatic N) is 2. The second-order valence-corrected chi connectivity index (χ2v) is 8.93. The number of hydrogen-bond donors (Lipinski definition) is 1. The van der Waals surface area contributed by atoms with Gasteiger partial charge in [0.05, 0.1) is 30.2 Å². The third kappa shape index (κ3) is 2.75. The summed E-state index contributed by atoms with van der Waals surface area (Å²) >= 11 is 6.51. The number of rotatable bonds is 4. The monoisotopic (exact) mass is 385 g/mol. The fourth-order valence-electron chi connectivity index (χ4n) is 6.08. The van der Waals surface area contributed by atoms with Crippen LogP contribution in [0.5, 0.6) is 5.75 Å². The first kappa shape index (κ1) is 17.1. The summed E-state index contributed by atoms with van der Waals surface area (Å²) in [5.74, 6) is 2.93. The first-order chi connectivity index (χ1) is 13.1. The standard InChI is InChI=1S/C21H24ClN3O2/c1-27-18-5-3-2-4-16(18)24-17-12-23-25(20(26)19(17)22)21-9-13-6-14(10-21)8-15(7-13)11-21/h2-5,12-15,24H,6-11H2,1H3. The van der Waals surface area contributed by atoms with Crippen LogP contribution in [0.3, 0.4) is 0 Å². The van der Waals surface area contributed by atoms with Crippen LogP contribution in [-0.2, 0) is 5.54 Å². The van der Waals surface area contributed by atoms with Gasteiger partial charge >= 0.3 is 0 Å². The van der Waals surface area contributed by atoms with E-state index < -0.39 is 0 Å². The Kier molecular flexibility index (Phi) is 3.97. The summed E-state index contributed by atoms with van der Waals surface area (Å²) < 4.78 is 7.08. The van der Waals surface area contributed by atoms with Gasteiger partial charge in [0.15, 0.2) is 0 Å². The van der Waals surface area contributed by atoms with E-state index in [0.717, 1.165) is 42.7 Å². The zero-order valence-electron chi connectivity index (χ0n) is 15.5. The van der Waals surface area contributed by atoms with Crippen molar-refractivity contribution in [1.82, 2.24) is 9.78 Å². The van der Waals surface area contributed by atoms with Gasteiger partial charge in [-0.05, 0) is 68.4 Å². The van der Waals surface area contributed by atoms with E-state index in [4.69, 9.17) is 16.3 Å². The molecule has 6 heteroatoms. The van der Waals surface area contributed by atoms with E-state index in [-0.39, 0.29) is 16.1 Å². The Morgan fingerprint density at radius 3 is 2.37 bits per heavy atom. The fraction of sp³-hybridized carbons (Fsp3) is 0.524. The van der Waals surface area contributed by atoms with E-state index in [9.17, 15) is 4.79 Å². The lowest BCUT2D eigenvalue weighted by molar-refractivity contribution is -0.0518. The molecule has 4 saturated carbocycles. The maximum absolute atomic E-state index is 13.1. The molecule has 4 fully saturated rings. The van der Waals surface area contributed by atoms with E-state index in [1.165, 1.54) is 19.3 Å². The molecule has 142 valence electrons. The molecule has 0 unspecified atom stereocenters. The van der Waals surface area contributed by atoms with Crippen molar-refractivity contribution in [2.45, 2.75) is 44.1 Å². The average molecular weight is 386 g/mol. The predicted octanol–water partition coefficient (Wildman–Crippen LogP) is 4.57. The Morgan fingerprint density at radius 1 is 1.11 bits per heavy atom. The molecule has 1 aromatic heterocycles. The quantitative estimate of drug-likeness (QED) is 0.837. The first-order valence-electron chi connectivity index (χ1n) is 9.76. The van der Waals surface area contributed by atoms with Gasteiger partial charge in [0.25, 0.3) is 5.56 Å². The van der Waals surface area contributed by atoms with Crippen molar-refractivity contribution in [2.75, 3.05) is 12.4 Å². The lowest BCUT2D eigenvalue weighted by atomic mass is 9.53. The molecule has 0 aliphatic heterocycles. The normalized spacial score (nSPS) is 31.1. The molecule has 0 spiro atoms. The highest BCUT2D eigenvalue weighted by Gasteiger charge is 2.53. The van der Waals surface area contributed by atoms with E-state index >= 15 is 0 Å². The zero-order chi connectivity index (χ0) is 18.6. The zero-order valence-corrected chi connectivity index (χ0v) is 16.2. The van der Waals surface area contributed by atoms with Crippen molar-refractivity contribution in [1.29, 1.82) is 0 Å². The summed E-state index contributed by atoms with van der Waals surface area (Å²) in [6.45, 7) is 0. The maximum Gasteiger partial charge on any atom is 0.288 e. The number of ether oxygens (including phenoxy) is 1. The number of nitrogens with one attached hydrogen (secondary N) is 1. The third-order valence-electron chi connectivity index (χ3n) is 6.75. The van der Waals surface area contributed by atoms with Crippen molar-refractivity contribution < 1.29 is 4.74 Å². The van der Waals surface area contributed by atoms with Gasteiger partial charge in [0.1, 0.15) is 10.8 Å². The van der Waals surface area contributed by atoms with Crippen molar-refractivity contribution >= 4 is 23.0 Å². The number of benzene rings is 1. The lowest BCUT2D eigenvalue weighted by Crippen LogP contribution is -2.55. The second-order valence-electron chi connectivity index (χ2n) is 8.56. The number of anilines is 2. The highest BCUT2D eigenvalue weighted by molar-refractivity contribution is 6.33.